The summed E-state index contributed by atoms with van der Waals surface area (Å²) in [6.07, 6.45) is 0. The summed E-state index contributed by atoms with van der Waals surface area (Å²) in [5, 5.41) is 21.5. The topological polar surface area (TPSA) is 89.2 Å². The van der Waals surface area contributed by atoms with Crippen molar-refractivity contribution in [2.45, 2.75) is 0 Å². The van der Waals surface area contributed by atoms with E-state index in [-0.39, 0.29) is 43.2 Å². The van der Waals surface area contributed by atoms with Crippen molar-refractivity contribution >= 4 is 45.1 Å². The van der Waals surface area contributed by atoms with E-state index < -0.39 is 7.32 Å². The van der Waals surface area contributed by atoms with E-state index in [4.69, 9.17) is 15.1 Å². The first-order valence-corrected chi connectivity index (χ1v) is 0.775. The summed E-state index contributed by atoms with van der Waals surface area (Å²) in [4.78, 5) is 0. The fourth-order valence-corrected chi connectivity index (χ4v) is 0. The summed E-state index contributed by atoms with van der Waals surface area (Å²) in [7, 11) is -2.17. The van der Waals surface area contributed by atoms with Gasteiger partial charge in [0.05, 0.1) is 0 Å². The molecule has 0 aromatic heterocycles. The first-order valence-electron chi connectivity index (χ1n) is 0.775. The minimum absolute atomic E-state index is 0. The van der Waals surface area contributed by atoms with E-state index in [1.807, 2.05) is 0 Å². The molecule has 3 N–H and O–H groups in total. The van der Waals surface area contributed by atoms with Crippen LogP contribution in [0, 0.1) is 0 Å². The second-order valence-corrected chi connectivity index (χ2v) is 0.346. The van der Waals surface area contributed by atoms with Crippen LogP contribution in [0.4, 0.5) is 0 Å². The average molecular weight is 118 g/mol. The van der Waals surface area contributed by atoms with Crippen molar-refractivity contribution in [3.05, 3.63) is 0 Å². The van der Waals surface area contributed by atoms with Gasteiger partial charge in [-0.25, -0.2) is 0 Å². The molecule has 0 rings (SSSR count). The minimum Gasteiger partial charge on any atom is -2.00 e. The van der Waals surface area contributed by atoms with Gasteiger partial charge in [0.1, 0.15) is 0 Å². The molecule has 0 aromatic rings. The summed E-state index contributed by atoms with van der Waals surface area (Å²) in [5.74, 6) is 0. The molecule has 0 heterocycles. The molecule has 0 saturated heterocycles. The van der Waals surface area contributed by atoms with E-state index in [2.05, 4.69) is 0 Å². The Kier molecular flexibility index (Phi) is 24.8. The van der Waals surface area contributed by atoms with Crippen molar-refractivity contribution in [1.82, 2.24) is 0 Å². The van der Waals surface area contributed by atoms with Crippen LogP contribution >= 0.6 is 0 Å². The quantitative estimate of drug-likeness (QED) is 0.306. The fourth-order valence-electron chi connectivity index (χ4n) is 0. The molecule has 0 aliphatic rings. The molecule has 6 heteroatoms. The zero-order valence-electron chi connectivity index (χ0n) is 3.03. The van der Waals surface area contributed by atoms with E-state index in [0.29, 0.717) is 0 Å². The molecular formula is H3BCaO4. The van der Waals surface area contributed by atoms with Gasteiger partial charge in [-0.05, 0) is 0 Å². The summed E-state index contributed by atoms with van der Waals surface area (Å²) < 4.78 is 0. The number of rotatable bonds is 0. The zero-order chi connectivity index (χ0) is 3.58. The van der Waals surface area contributed by atoms with E-state index in [9.17, 15) is 0 Å². The molecule has 0 radical (unpaired) electrons. The van der Waals surface area contributed by atoms with Gasteiger partial charge in [0.2, 0.25) is 0 Å². The number of hydrogen-bond acceptors (Lipinski definition) is 3. The summed E-state index contributed by atoms with van der Waals surface area (Å²) in [6, 6.07) is 0. The normalized spacial score (nSPS) is 4.50. The van der Waals surface area contributed by atoms with Crippen LogP contribution in [0.3, 0.4) is 0 Å². The van der Waals surface area contributed by atoms with Gasteiger partial charge in [0.15, 0.2) is 0 Å². The maximum atomic E-state index is 7.17. The monoisotopic (exact) mass is 118 g/mol. The average Bonchev–Trinajstić information content (AvgIpc) is 0.811. The molecule has 0 aliphatic carbocycles. The molecule has 0 aliphatic heterocycles. The Morgan fingerprint density at radius 2 is 1.00 bits per heavy atom. The Hall–Kier alpha value is 1.16. The van der Waals surface area contributed by atoms with Crippen LogP contribution in [-0.2, 0) is 5.48 Å². The predicted molar refractivity (Wildman–Crippen MR) is 18.9 cm³/mol. The maximum Gasteiger partial charge on any atom is 2.00 e. The first-order chi connectivity index (χ1) is 1.73. The molecule has 0 spiro atoms. The zero-order valence-corrected chi connectivity index (χ0v) is 5.24. The van der Waals surface area contributed by atoms with E-state index >= 15 is 0 Å². The Bertz CT molecular complexity index is 12.3. The Balaban J connectivity index is -0.0000000450. The second-order valence-electron chi connectivity index (χ2n) is 0.346. The molecule has 0 aromatic carbocycles. The van der Waals surface area contributed by atoms with Crippen molar-refractivity contribution in [3.8, 4) is 0 Å². The van der Waals surface area contributed by atoms with Gasteiger partial charge in [-0.3, -0.25) is 0 Å². The predicted octanol–water partition coefficient (Wildman–Crippen LogP) is -2.55. The second kappa shape index (κ2) is 9.48. The van der Waals surface area contributed by atoms with E-state index in [1.54, 1.807) is 0 Å². The maximum absolute atomic E-state index is 7.17. The molecule has 0 unspecified atom stereocenters. The van der Waals surface area contributed by atoms with E-state index in [1.165, 1.54) is 0 Å². The SMILES string of the molecule is OB(O)O.[Ca+2].[O-2]. The molecule has 0 fully saturated rings. The van der Waals surface area contributed by atoms with Crippen molar-refractivity contribution in [2.75, 3.05) is 0 Å². The molecule has 4 nitrogen and oxygen atoms in total. The van der Waals surface area contributed by atoms with Crippen LogP contribution in [-0.4, -0.2) is 60.1 Å². The van der Waals surface area contributed by atoms with Gasteiger partial charge in [-0.15, -0.1) is 0 Å². The van der Waals surface area contributed by atoms with Gasteiger partial charge in [-0.1, -0.05) is 0 Å². The van der Waals surface area contributed by atoms with Gasteiger partial charge < -0.3 is 20.5 Å². The molecule has 32 valence electrons. The molecule has 0 bridgehead atoms. The van der Waals surface area contributed by atoms with Crippen LogP contribution in [0.5, 0.6) is 0 Å². The van der Waals surface area contributed by atoms with Crippen LogP contribution in [0.2, 0.25) is 0 Å². The molecule has 0 saturated carbocycles. The molecule has 6 heavy (non-hydrogen) atoms. The molecular weight excluding hydrogens is 115 g/mol. The van der Waals surface area contributed by atoms with Crippen molar-refractivity contribution in [3.63, 3.8) is 0 Å². The molecule has 0 atom stereocenters. The summed E-state index contributed by atoms with van der Waals surface area (Å²) in [6.45, 7) is 0. The van der Waals surface area contributed by atoms with Gasteiger partial charge in [0, 0.05) is 0 Å². The van der Waals surface area contributed by atoms with Crippen LogP contribution in [0.1, 0.15) is 0 Å². The van der Waals surface area contributed by atoms with Gasteiger partial charge in [0.25, 0.3) is 0 Å². The van der Waals surface area contributed by atoms with Crippen molar-refractivity contribution in [2.24, 2.45) is 0 Å². The van der Waals surface area contributed by atoms with Crippen LogP contribution in [0.15, 0.2) is 0 Å². The third kappa shape index (κ3) is 66.0. The van der Waals surface area contributed by atoms with Gasteiger partial charge in [-0.2, -0.15) is 0 Å². The largest absolute Gasteiger partial charge is 2.00 e. The summed E-state index contributed by atoms with van der Waals surface area (Å²) in [5.41, 5.74) is 0. The molecule has 0 amide bonds. The Labute approximate surface area is 65.3 Å². The van der Waals surface area contributed by atoms with Crippen molar-refractivity contribution in [1.29, 1.82) is 0 Å². The Morgan fingerprint density at radius 3 is 1.00 bits per heavy atom. The minimum atomic E-state index is -2.17. The van der Waals surface area contributed by atoms with Gasteiger partial charge >= 0.3 is 45.1 Å². The first kappa shape index (κ1) is 15.7. The third-order valence-corrected chi connectivity index (χ3v) is 0. The summed E-state index contributed by atoms with van der Waals surface area (Å²) >= 11 is 0. The van der Waals surface area contributed by atoms with E-state index in [0.717, 1.165) is 0 Å². The standard InChI is InChI=1S/BH3O3.Ca.O/c2-1(3)4;;/h2-4H;;/q;+2;-2. The smallest absolute Gasteiger partial charge is 2.00 e. The van der Waals surface area contributed by atoms with Crippen molar-refractivity contribution < 1.29 is 20.5 Å². The van der Waals surface area contributed by atoms with Crippen LogP contribution in [0.25, 0.3) is 0 Å². The van der Waals surface area contributed by atoms with Crippen LogP contribution < -0.4 is 0 Å². The Morgan fingerprint density at radius 1 is 1.00 bits per heavy atom. The third-order valence-electron chi connectivity index (χ3n) is 0. The fraction of sp³-hybridized carbons (Fsp3) is 0. The number of hydrogen-bond donors (Lipinski definition) is 3.